The number of carbonyl (C=O) groups excluding carboxylic acids is 1. The Hall–Kier alpha value is -2.88. The lowest BCUT2D eigenvalue weighted by molar-refractivity contribution is 0.0665. The van der Waals surface area contributed by atoms with Crippen molar-refractivity contribution in [3.63, 3.8) is 0 Å². The van der Waals surface area contributed by atoms with Crippen molar-refractivity contribution in [2.24, 2.45) is 0 Å². The van der Waals surface area contributed by atoms with Crippen molar-refractivity contribution < 1.29 is 19.1 Å². The van der Waals surface area contributed by atoms with E-state index in [2.05, 4.69) is 0 Å². The zero-order valence-electron chi connectivity index (χ0n) is 11.3. The molecule has 0 aliphatic heterocycles. The number of carboxylic acid groups (broad SMARTS) is 1. The average molecular weight is 280 g/mol. The van der Waals surface area contributed by atoms with Gasteiger partial charge in [-0.2, -0.15) is 0 Å². The number of Topliss-reactive ketones (excluding diaryl/α,β-unsaturated/α-hetero) is 1. The van der Waals surface area contributed by atoms with E-state index in [4.69, 9.17) is 9.52 Å². The van der Waals surface area contributed by atoms with Gasteiger partial charge in [-0.25, -0.2) is 4.79 Å². The summed E-state index contributed by atoms with van der Waals surface area (Å²) in [7, 11) is 0. The highest BCUT2D eigenvalue weighted by molar-refractivity contribution is 5.95. The van der Waals surface area contributed by atoms with Gasteiger partial charge in [-0.15, -0.1) is 0 Å². The standard InChI is InChI=1S/C17H12O4/c1-10(18)11-2-4-12(5-3-11)13-6-7-15-14(8-13)9-16(21-15)17(19)20/h2-9H,1H3,(H,19,20). The molecule has 3 aromatic rings. The van der Waals surface area contributed by atoms with Crippen LogP contribution in [0.1, 0.15) is 27.8 Å². The fourth-order valence-electron chi connectivity index (χ4n) is 2.23. The third-order valence-corrected chi connectivity index (χ3v) is 3.35. The molecule has 0 unspecified atom stereocenters. The van der Waals surface area contributed by atoms with Crippen LogP contribution >= 0.6 is 0 Å². The van der Waals surface area contributed by atoms with Crippen molar-refractivity contribution in [2.45, 2.75) is 6.92 Å². The molecule has 0 saturated heterocycles. The van der Waals surface area contributed by atoms with E-state index < -0.39 is 5.97 Å². The Morgan fingerprint density at radius 3 is 2.24 bits per heavy atom. The van der Waals surface area contributed by atoms with Gasteiger partial charge in [-0.05, 0) is 36.2 Å². The number of hydrogen-bond acceptors (Lipinski definition) is 3. The molecular weight excluding hydrogens is 268 g/mol. The first kappa shape index (κ1) is 13.1. The minimum atomic E-state index is -1.08. The summed E-state index contributed by atoms with van der Waals surface area (Å²) in [6, 6.07) is 14.3. The van der Waals surface area contributed by atoms with Gasteiger partial charge in [0, 0.05) is 10.9 Å². The zero-order chi connectivity index (χ0) is 15.0. The Morgan fingerprint density at radius 2 is 1.62 bits per heavy atom. The molecule has 1 aromatic heterocycles. The second-order valence-corrected chi connectivity index (χ2v) is 4.80. The molecule has 0 bridgehead atoms. The van der Waals surface area contributed by atoms with Gasteiger partial charge >= 0.3 is 5.97 Å². The van der Waals surface area contributed by atoms with Crippen LogP contribution < -0.4 is 0 Å². The molecular formula is C17H12O4. The van der Waals surface area contributed by atoms with Crippen molar-refractivity contribution in [1.29, 1.82) is 0 Å². The van der Waals surface area contributed by atoms with Gasteiger partial charge < -0.3 is 9.52 Å². The molecule has 1 N–H and O–H groups in total. The maximum absolute atomic E-state index is 11.3. The number of furan rings is 1. The molecule has 4 nitrogen and oxygen atoms in total. The van der Waals surface area contributed by atoms with Crippen LogP contribution in [0, 0.1) is 0 Å². The highest BCUT2D eigenvalue weighted by Gasteiger charge is 2.11. The summed E-state index contributed by atoms with van der Waals surface area (Å²) in [5.41, 5.74) is 3.10. The highest BCUT2D eigenvalue weighted by atomic mass is 16.4. The van der Waals surface area contributed by atoms with Crippen molar-refractivity contribution in [3.05, 3.63) is 59.9 Å². The first-order valence-electron chi connectivity index (χ1n) is 6.43. The number of hydrogen-bond donors (Lipinski definition) is 1. The van der Waals surface area contributed by atoms with E-state index in [0.29, 0.717) is 11.1 Å². The van der Waals surface area contributed by atoms with Crippen molar-refractivity contribution in [2.75, 3.05) is 0 Å². The maximum Gasteiger partial charge on any atom is 0.371 e. The summed E-state index contributed by atoms with van der Waals surface area (Å²) in [4.78, 5) is 22.2. The van der Waals surface area contributed by atoms with Crippen LogP contribution in [-0.4, -0.2) is 16.9 Å². The minimum Gasteiger partial charge on any atom is -0.475 e. The van der Waals surface area contributed by atoms with Crippen molar-refractivity contribution in [1.82, 2.24) is 0 Å². The molecule has 2 aromatic carbocycles. The van der Waals surface area contributed by atoms with Crippen LogP contribution in [0.25, 0.3) is 22.1 Å². The normalized spacial score (nSPS) is 10.7. The SMILES string of the molecule is CC(=O)c1ccc(-c2ccc3oc(C(=O)O)cc3c2)cc1. The monoisotopic (exact) mass is 280 g/mol. The molecule has 3 rings (SSSR count). The third kappa shape index (κ3) is 2.43. The Bertz CT molecular complexity index is 841. The smallest absolute Gasteiger partial charge is 0.371 e. The van der Waals surface area contributed by atoms with Crippen LogP contribution in [-0.2, 0) is 0 Å². The lowest BCUT2D eigenvalue weighted by atomic mass is 10.0. The maximum atomic E-state index is 11.3. The van der Waals surface area contributed by atoms with E-state index >= 15 is 0 Å². The van der Waals surface area contributed by atoms with E-state index in [1.54, 1.807) is 18.2 Å². The van der Waals surface area contributed by atoms with Crippen LogP contribution in [0.2, 0.25) is 0 Å². The molecule has 0 saturated carbocycles. The van der Waals surface area contributed by atoms with Gasteiger partial charge in [-0.3, -0.25) is 4.79 Å². The largest absolute Gasteiger partial charge is 0.475 e. The molecule has 0 amide bonds. The molecule has 1 heterocycles. The number of aromatic carboxylic acids is 1. The fraction of sp³-hybridized carbons (Fsp3) is 0.0588. The Kier molecular flexibility index (Phi) is 3.06. The topological polar surface area (TPSA) is 67.5 Å². The zero-order valence-corrected chi connectivity index (χ0v) is 11.3. The molecule has 104 valence electrons. The number of fused-ring (bicyclic) bond motifs is 1. The summed E-state index contributed by atoms with van der Waals surface area (Å²) < 4.78 is 5.23. The molecule has 0 aliphatic carbocycles. The second-order valence-electron chi connectivity index (χ2n) is 4.80. The van der Waals surface area contributed by atoms with E-state index in [1.165, 1.54) is 13.0 Å². The number of carboxylic acids is 1. The predicted molar refractivity (Wildman–Crippen MR) is 78.6 cm³/mol. The lowest BCUT2D eigenvalue weighted by Crippen LogP contribution is -1.91. The number of carbonyl (C=O) groups is 2. The highest BCUT2D eigenvalue weighted by Crippen LogP contribution is 2.27. The average Bonchev–Trinajstić information content (AvgIpc) is 2.90. The number of benzene rings is 2. The van der Waals surface area contributed by atoms with Gasteiger partial charge in [0.2, 0.25) is 5.76 Å². The van der Waals surface area contributed by atoms with E-state index in [0.717, 1.165) is 16.5 Å². The lowest BCUT2D eigenvalue weighted by Gasteiger charge is -2.02. The Morgan fingerprint density at radius 1 is 0.952 bits per heavy atom. The van der Waals surface area contributed by atoms with Crippen molar-refractivity contribution >= 4 is 22.7 Å². The molecule has 0 radical (unpaired) electrons. The number of rotatable bonds is 3. The fourth-order valence-corrected chi connectivity index (χ4v) is 2.23. The molecule has 21 heavy (non-hydrogen) atoms. The third-order valence-electron chi connectivity index (χ3n) is 3.35. The Balaban J connectivity index is 2.03. The van der Waals surface area contributed by atoms with Gasteiger partial charge in [0.05, 0.1) is 0 Å². The minimum absolute atomic E-state index is 0.0259. The summed E-state index contributed by atoms with van der Waals surface area (Å²) in [6.45, 7) is 1.53. The Labute approximate surface area is 120 Å². The van der Waals surface area contributed by atoms with E-state index in [9.17, 15) is 9.59 Å². The van der Waals surface area contributed by atoms with Gasteiger partial charge in [0.1, 0.15) is 5.58 Å². The summed E-state index contributed by atoms with van der Waals surface area (Å²) in [5, 5.41) is 9.67. The van der Waals surface area contributed by atoms with Crippen LogP contribution in [0.15, 0.2) is 52.9 Å². The summed E-state index contributed by atoms with van der Waals surface area (Å²) in [6.07, 6.45) is 0. The summed E-state index contributed by atoms with van der Waals surface area (Å²) >= 11 is 0. The van der Waals surface area contributed by atoms with Crippen LogP contribution in [0.4, 0.5) is 0 Å². The van der Waals surface area contributed by atoms with Gasteiger partial charge in [0.15, 0.2) is 5.78 Å². The van der Waals surface area contributed by atoms with Gasteiger partial charge in [0.25, 0.3) is 0 Å². The van der Waals surface area contributed by atoms with E-state index in [-0.39, 0.29) is 11.5 Å². The molecule has 0 aliphatic rings. The predicted octanol–water partition coefficient (Wildman–Crippen LogP) is 4.00. The first-order chi connectivity index (χ1) is 10.0. The molecule has 0 fully saturated rings. The van der Waals surface area contributed by atoms with Crippen LogP contribution in [0.5, 0.6) is 0 Å². The number of ketones is 1. The molecule has 4 heteroatoms. The quantitative estimate of drug-likeness (QED) is 0.736. The van der Waals surface area contributed by atoms with E-state index in [1.807, 2.05) is 24.3 Å². The van der Waals surface area contributed by atoms with Gasteiger partial charge in [-0.1, -0.05) is 30.3 Å². The van der Waals surface area contributed by atoms with Crippen molar-refractivity contribution in [3.8, 4) is 11.1 Å². The molecule has 0 atom stereocenters. The van der Waals surface area contributed by atoms with Crippen LogP contribution in [0.3, 0.4) is 0 Å². The second kappa shape index (κ2) is 4.90. The summed E-state index contributed by atoms with van der Waals surface area (Å²) in [5.74, 6) is -1.13. The first-order valence-corrected chi connectivity index (χ1v) is 6.43. The molecule has 0 spiro atoms.